The molecule has 0 aliphatic carbocycles. The minimum atomic E-state index is -1.37. The van der Waals surface area contributed by atoms with Crippen molar-refractivity contribution in [3.63, 3.8) is 0 Å². The van der Waals surface area contributed by atoms with E-state index in [1.54, 1.807) is 4.90 Å². The smallest absolute Gasteiger partial charge is 0.249 e. The lowest BCUT2D eigenvalue weighted by molar-refractivity contribution is -0.157. The number of carbonyl (C=O) groups is 3. The summed E-state index contributed by atoms with van der Waals surface area (Å²) in [6.45, 7) is 6.79. The SMILES string of the molecule is CCCC(C)N1CC=C[C@]23O[C@]4(C)C=CCN(Cc5ccccc5)C(=O)[C@@H]4[C@H]2C(=O)N([C@H](CO)c2ccccc2)C3C1=O. The molecule has 4 aliphatic heterocycles. The minimum Gasteiger partial charge on any atom is -0.394 e. The van der Waals surface area contributed by atoms with Crippen LogP contribution >= 0.6 is 0 Å². The molecule has 2 aromatic rings. The quantitative estimate of drug-likeness (QED) is 0.477. The van der Waals surface area contributed by atoms with Gasteiger partial charge in [0.05, 0.1) is 30.1 Å². The number of amides is 3. The summed E-state index contributed by atoms with van der Waals surface area (Å²) in [6.07, 6.45) is 9.37. The molecule has 226 valence electrons. The molecule has 0 aromatic heterocycles. The Morgan fingerprint density at radius 2 is 1.58 bits per heavy atom. The fraction of sp³-hybridized carbons (Fsp3) is 0.457. The van der Waals surface area contributed by atoms with Crippen molar-refractivity contribution in [3.05, 3.63) is 96.1 Å². The van der Waals surface area contributed by atoms with E-state index in [0.29, 0.717) is 19.6 Å². The summed E-state index contributed by atoms with van der Waals surface area (Å²) >= 11 is 0. The number of benzene rings is 2. The van der Waals surface area contributed by atoms with Crippen LogP contribution in [0.5, 0.6) is 0 Å². The number of ether oxygens (including phenoxy) is 1. The number of nitrogens with zero attached hydrogens (tertiary/aromatic N) is 3. The predicted octanol–water partition coefficient (Wildman–Crippen LogP) is 3.88. The van der Waals surface area contributed by atoms with Crippen LogP contribution in [0.15, 0.2) is 85.0 Å². The molecule has 7 atom stereocenters. The summed E-state index contributed by atoms with van der Waals surface area (Å²) in [6, 6.07) is 17.2. The van der Waals surface area contributed by atoms with E-state index in [4.69, 9.17) is 4.74 Å². The average Bonchev–Trinajstić information content (AvgIpc) is 3.27. The summed E-state index contributed by atoms with van der Waals surface area (Å²) in [7, 11) is 0. The van der Waals surface area contributed by atoms with E-state index in [1.807, 2.05) is 104 Å². The van der Waals surface area contributed by atoms with Crippen molar-refractivity contribution in [1.29, 1.82) is 0 Å². The van der Waals surface area contributed by atoms with Gasteiger partial charge in [-0.05, 0) is 31.4 Å². The Morgan fingerprint density at radius 1 is 0.907 bits per heavy atom. The topological polar surface area (TPSA) is 90.4 Å². The van der Waals surface area contributed by atoms with Crippen molar-refractivity contribution in [3.8, 4) is 0 Å². The van der Waals surface area contributed by atoms with E-state index < -0.39 is 35.1 Å². The Labute approximate surface area is 253 Å². The molecule has 0 radical (unpaired) electrons. The zero-order valence-electron chi connectivity index (χ0n) is 25.1. The van der Waals surface area contributed by atoms with Crippen LogP contribution in [-0.4, -0.2) is 80.5 Å². The maximum atomic E-state index is 14.8. The standard InChI is InChI=1S/C35H41N3O5/c1-4-13-24(2)37-21-12-19-35-29(32(41)38(30(35)33(37)42)27(23-39)26-16-9-6-10-17-26)28-31(40)36(20-11-18-34(28,3)43-35)22-25-14-7-5-8-15-25/h5-12,14-19,24,27-30,39H,4,13,20-23H2,1-3H3/t24?,27-,28+,29+,30?,34-,35+/m1/s1. The molecular formula is C35H41N3O5. The van der Waals surface area contributed by atoms with Gasteiger partial charge < -0.3 is 24.5 Å². The maximum Gasteiger partial charge on any atom is 0.249 e. The summed E-state index contributed by atoms with van der Waals surface area (Å²) < 4.78 is 6.97. The van der Waals surface area contributed by atoms with Gasteiger partial charge in [0.15, 0.2) is 0 Å². The van der Waals surface area contributed by atoms with Gasteiger partial charge in [0.1, 0.15) is 11.6 Å². The lowest BCUT2D eigenvalue weighted by Crippen LogP contribution is -2.58. The highest BCUT2D eigenvalue weighted by Gasteiger charge is 2.75. The van der Waals surface area contributed by atoms with Gasteiger partial charge >= 0.3 is 0 Å². The molecule has 4 aliphatic rings. The number of fused-ring (bicyclic) bond motifs is 2. The monoisotopic (exact) mass is 583 g/mol. The number of carbonyl (C=O) groups excluding carboxylic acids is 3. The lowest BCUT2D eigenvalue weighted by Gasteiger charge is -2.41. The Kier molecular flexibility index (Phi) is 7.77. The Balaban J connectivity index is 1.48. The number of hydrogen-bond acceptors (Lipinski definition) is 5. The third-order valence-corrected chi connectivity index (χ3v) is 9.76. The second kappa shape index (κ2) is 11.4. The van der Waals surface area contributed by atoms with Gasteiger partial charge in [0.25, 0.3) is 0 Å². The van der Waals surface area contributed by atoms with Gasteiger partial charge in [-0.25, -0.2) is 0 Å². The molecule has 8 nitrogen and oxygen atoms in total. The van der Waals surface area contributed by atoms with E-state index in [1.165, 1.54) is 4.90 Å². The van der Waals surface area contributed by atoms with Crippen LogP contribution in [-0.2, 0) is 25.7 Å². The summed E-state index contributed by atoms with van der Waals surface area (Å²) in [5, 5.41) is 10.7. The second-order valence-corrected chi connectivity index (χ2v) is 12.5. The average molecular weight is 584 g/mol. The van der Waals surface area contributed by atoms with Crippen LogP contribution in [0.4, 0.5) is 0 Å². The molecule has 1 spiro atoms. The Morgan fingerprint density at radius 3 is 2.26 bits per heavy atom. The normalized spacial score (nSPS) is 31.4. The second-order valence-electron chi connectivity index (χ2n) is 12.5. The number of aliphatic hydroxyl groups is 1. The van der Waals surface area contributed by atoms with Crippen LogP contribution in [0.3, 0.4) is 0 Å². The summed E-state index contributed by atoms with van der Waals surface area (Å²) in [4.78, 5) is 49.1. The zero-order chi connectivity index (χ0) is 30.4. The fourth-order valence-corrected chi connectivity index (χ4v) is 7.81. The molecule has 3 amide bonds. The molecule has 1 N–H and O–H groups in total. The molecule has 4 heterocycles. The van der Waals surface area contributed by atoms with E-state index in [-0.39, 0.29) is 30.4 Å². The molecule has 0 bridgehead atoms. The highest BCUT2D eigenvalue weighted by molar-refractivity contribution is 6.00. The highest BCUT2D eigenvalue weighted by Crippen LogP contribution is 2.58. The first-order valence-electron chi connectivity index (χ1n) is 15.4. The maximum absolute atomic E-state index is 14.8. The van der Waals surface area contributed by atoms with Crippen LogP contribution in [0.25, 0.3) is 0 Å². The molecule has 8 heteroatoms. The predicted molar refractivity (Wildman–Crippen MR) is 162 cm³/mol. The van der Waals surface area contributed by atoms with Crippen molar-refractivity contribution in [1.82, 2.24) is 14.7 Å². The fourth-order valence-electron chi connectivity index (χ4n) is 7.81. The summed E-state index contributed by atoms with van der Waals surface area (Å²) in [5.41, 5.74) is -0.744. The summed E-state index contributed by atoms with van der Waals surface area (Å²) in [5.74, 6) is -2.51. The Hall–Kier alpha value is -3.75. The molecule has 2 fully saturated rings. The van der Waals surface area contributed by atoms with Gasteiger partial charge in [0, 0.05) is 25.7 Å². The van der Waals surface area contributed by atoms with Gasteiger partial charge in [-0.15, -0.1) is 0 Å². The third kappa shape index (κ3) is 4.71. The van der Waals surface area contributed by atoms with E-state index in [2.05, 4.69) is 6.92 Å². The first kappa shape index (κ1) is 29.3. The molecular weight excluding hydrogens is 542 g/mol. The molecule has 2 saturated heterocycles. The van der Waals surface area contributed by atoms with Crippen molar-refractivity contribution < 1.29 is 24.2 Å². The molecule has 2 aromatic carbocycles. The van der Waals surface area contributed by atoms with E-state index in [0.717, 1.165) is 24.0 Å². The van der Waals surface area contributed by atoms with Gasteiger partial charge in [-0.3, -0.25) is 14.4 Å². The van der Waals surface area contributed by atoms with Crippen LogP contribution in [0, 0.1) is 11.8 Å². The van der Waals surface area contributed by atoms with E-state index >= 15 is 0 Å². The van der Waals surface area contributed by atoms with Crippen LogP contribution in [0.1, 0.15) is 50.8 Å². The number of hydrogen-bond donors (Lipinski definition) is 1. The van der Waals surface area contributed by atoms with Crippen molar-refractivity contribution in [2.75, 3.05) is 19.7 Å². The van der Waals surface area contributed by atoms with Crippen LogP contribution < -0.4 is 0 Å². The van der Waals surface area contributed by atoms with E-state index in [9.17, 15) is 19.5 Å². The largest absolute Gasteiger partial charge is 0.394 e. The zero-order valence-corrected chi connectivity index (χ0v) is 25.1. The molecule has 0 saturated carbocycles. The number of aliphatic hydroxyl groups excluding tert-OH is 1. The number of likely N-dealkylation sites (tertiary alicyclic amines) is 1. The Bertz CT molecular complexity index is 1430. The first-order chi connectivity index (χ1) is 20.8. The molecule has 43 heavy (non-hydrogen) atoms. The first-order valence-corrected chi connectivity index (χ1v) is 15.4. The molecule has 6 rings (SSSR count). The van der Waals surface area contributed by atoms with Crippen molar-refractivity contribution >= 4 is 17.7 Å². The van der Waals surface area contributed by atoms with Gasteiger partial charge in [0.2, 0.25) is 17.7 Å². The third-order valence-electron chi connectivity index (χ3n) is 9.76. The van der Waals surface area contributed by atoms with Crippen molar-refractivity contribution in [2.45, 2.75) is 69.5 Å². The molecule has 2 unspecified atom stereocenters. The van der Waals surface area contributed by atoms with Crippen molar-refractivity contribution in [2.24, 2.45) is 11.8 Å². The minimum absolute atomic E-state index is 0.0528. The van der Waals surface area contributed by atoms with Crippen LogP contribution in [0.2, 0.25) is 0 Å². The number of rotatable bonds is 8. The highest BCUT2D eigenvalue weighted by atomic mass is 16.5. The van der Waals surface area contributed by atoms with Gasteiger partial charge in [-0.2, -0.15) is 0 Å². The lowest BCUT2D eigenvalue weighted by atomic mass is 9.74. The van der Waals surface area contributed by atoms with Gasteiger partial charge in [-0.1, -0.05) is 98.3 Å².